The molecule has 4 nitrogen and oxygen atoms in total. The van der Waals surface area contributed by atoms with Crippen LogP contribution >= 0.6 is 0 Å². The van der Waals surface area contributed by atoms with E-state index in [4.69, 9.17) is 5.73 Å². The van der Waals surface area contributed by atoms with Crippen LogP contribution in [0.2, 0.25) is 0 Å². The maximum Gasteiger partial charge on any atom is 0.226 e. The van der Waals surface area contributed by atoms with E-state index in [2.05, 4.69) is 65.6 Å². The predicted molar refractivity (Wildman–Crippen MR) is 101 cm³/mol. The molecule has 1 unspecified atom stereocenters. The van der Waals surface area contributed by atoms with Crippen LogP contribution in [-0.2, 0) is 4.79 Å². The Hall–Kier alpha value is -2.17. The third-order valence-electron chi connectivity index (χ3n) is 5.00. The second-order valence-corrected chi connectivity index (χ2v) is 6.72. The van der Waals surface area contributed by atoms with Crippen LogP contribution in [0.4, 0.5) is 0 Å². The third kappa shape index (κ3) is 4.09. The molecule has 1 amide bonds. The zero-order valence-corrected chi connectivity index (χ0v) is 14.8. The first-order valence-corrected chi connectivity index (χ1v) is 9.03. The van der Waals surface area contributed by atoms with Gasteiger partial charge in [-0.3, -0.25) is 9.69 Å². The van der Waals surface area contributed by atoms with E-state index in [1.807, 2.05) is 11.8 Å². The second-order valence-electron chi connectivity index (χ2n) is 6.72. The minimum atomic E-state index is -0.0920. The van der Waals surface area contributed by atoms with Gasteiger partial charge in [0.2, 0.25) is 5.91 Å². The van der Waals surface area contributed by atoms with Crippen molar-refractivity contribution in [3.8, 4) is 0 Å². The summed E-state index contributed by atoms with van der Waals surface area (Å²) in [4.78, 5) is 16.8. The molecule has 3 rings (SSSR count). The molecule has 2 aromatic carbocycles. The van der Waals surface area contributed by atoms with E-state index in [0.29, 0.717) is 6.54 Å². The Labute approximate surface area is 150 Å². The van der Waals surface area contributed by atoms with Gasteiger partial charge in [-0.2, -0.15) is 0 Å². The molecule has 2 aromatic rings. The minimum Gasteiger partial charge on any atom is -0.340 e. The summed E-state index contributed by atoms with van der Waals surface area (Å²) in [6.45, 7) is 5.59. The molecule has 4 heteroatoms. The monoisotopic (exact) mass is 337 g/mol. The van der Waals surface area contributed by atoms with Gasteiger partial charge in [0.25, 0.3) is 0 Å². The highest BCUT2D eigenvalue weighted by atomic mass is 16.2. The molecule has 0 saturated carbocycles. The Balaban J connectivity index is 1.77. The number of nitrogens with zero attached hydrogens (tertiary/aromatic N) is 2. The number of nitrogens with two attached hydrogens (primary N) is 1. The Morgan fingerprint density at radius 3 is 1.84 bits per heavy atom. The standard InChI is InChI=1S/C21H27N3O/c1-17(16-22)21(25)24-14-12-23(13-15-24)20(18-8-4-2-5-9-18)19-10-6-3-7-11-19/h2-11,17,20H,12-16,22H2,1H3. The maximum absolute atomic E-state index is 12.4. The molecule has 0 bridgehead atoms. The fourth-order valence-electron chi connectivity index (χ4n) is 3.50. The van der Waals surface area contributed by atoms with Gasteiger partial charge < -0.3 is 10.6 Å². The normalized spacial score (nSPS) is 16.8. The summed E-state index contributed by atoms with van der Waals surface area (Å²) in [5, 5.41) is 0. The average molecular weight is 337 g/mol. The third-order valence-corrected chi connectivity index (χ3v) is 5.00. The highest BCUT2D eigenvalue weighted by Crippen LogP contribution is 2.29. The first-order chi connectivity index (χ1) is 12.2. The van der Waals surface area contributed by atoms with Crippen LogP contribution < -0.4 is 5.73 Å². The van der Waals surface area contributed by atoms with Crippen LogP contribution in [0, 0.1) is 5.92 Å². The van der Waals surface area contributed by atoms with Gasteiger partial charge in [-0.15, -0.1) is 0 Å². The van der Waals surface area contributed by atoms with Crippen LogP contribution in [0.25, 0.3) is 0 Å². The molecule has 1 aliphatic rings. The van der Waals surface area contributed by atoms with Gasteiger partial charge in [-0.25, -0.2) is 0 Å². The van der Waals surface area contributed by atoms with Gasteiger partial charge in [0.05, 0.1) is 6.04 Å². The average Bonchev–Trinajstić information content (AvgIpc) is 2.69. The number of amides is 1. The summed E-state index contributed by atoms with van der Waals surface area (Å²) < 4.78 is 0. The molecule has 1 heterocycles. The fourth-order valence-corrected chi connectivity index (χ4v) is 3.50. The zero-order valence-electron chi connectivity index (χ0n) is 14.8. The lowest BCUT2D eigenvalue weighted by molar-refractivity contribution is -0.136. The number of carbonyl (C=O) groups excluding carboxylic acids is 1. The molecule has 132 valence electrons. The molecule has 1 fully saturated rings. The van der Waals surface area contributed by atoms with E-state index in [1.165, 1.54) is 11.1 Å². The number of hydrogen-bond donors (Lipinski definition) is 1. The lowest BCUT2D eigenvalue weighted by Gasteiger charge is -2.40. The first kappa shape index (κ1) is 17.6. The molecule has 0 aromatic heterocycles. The second kappa shape index (κ2) is 8.28. The lowest BCUT2D eigenvalue weighted by Crippen LogP contribution is -2.51. The van der Waals surface area contributed by atoms with Crippen LogP contribution in [0.3, 0.4) is 0 Å². The Morgan fingerprint density at radius 1 is 0.920 bits per heavy atom. The first-order valence-electron chi connectivity index (χ1n) is 9.03. The number of carbonyl (C=O) groups is 1. The van der Waals surface area contributed by atoms with Crippen molar-refractivity contribution in [2.45, 2.75) is 13.0 Å². The quantitative estimate of drug-likeness (QED) is 0.912. The molecule has 1 atom stereocenters. The molecule has 0 radical (unpaired) electrons. The van der Waals surface area contributed by atoms with Gasteiger partial charge >= 0.3 is 0 Å². The smallest absolute Gasteiger partial charge is 0.226 e. The summed E-state index contributed by atoms with van der Waals surface area (Å²) in [5.74, 6) is 0.0868. The molecule has 25 heavy (non-hydrogen) atoms. The summed E-state index contributed by atoms with van der Waals surface area (Å²) >= 11 is 0. The number of hydrogen-bond acceptors (Lipinski definition) is 3. The van der Waals surface area contributed by atoms with Crippen molar-refractivity contribution < 1.29 is 4.79 Å². The fraction of sp³-hybridized carbons (Fsp3) is 0.381. The van der Waals surface area contributed by atoms with Crippen LogP contribution in [-0.4, -0.2) is 48.4 Å². The number of rotatable bonds is 5. The predicted octanol–water partition coefficient (Wildman–Crippen LogP) is 2.52. The van der Waals surface area contributed by atoms with Crippen molar-refractivity contribution in [1.82, 2.24) is 9.80 Å². The van der Waals surface area contributed by atoms with E-state index in [0.717, 1.165) is 26.2 Å². The topological polar surface area (TPSA) is 49.6 Å². The molecular weight excluding hydrogens is 310 g/mol. The highest BCUT2D eigenvalue weighted by Gasteiger charge is 2.29. The van der Waals surface area contributed by atoms with Gasteiger partial charge in [0, 0.05) is 38.6 Å². The van der Waals surface area contributed by atoms with Crippen LogP contribution in [0.5, 0.6) is 0 Å². The maximum atomic E-state index is 12.4. The summed E-state index contributed by atoms with van der Waals surface area (Å²) in [5.41, 5.74) is 8.24. The minimum absolute atomic E-state index is 0.0920. The molecule has 0 aliphatic carbocycles. The van der Waals surface area contributed by atoms with E-state index in [9.17, 15) is 4.79 Å². The Kier molecular flexibility index (Phi) is 5.84. The molecular formula is C21H27N3O. The van der Waals surface area contributed by atoms with Crippen molar-refractivity contribution in [2.75, 3.05) is 32.7 Å². The SMILES string of the molecule is CC(CN)C(=O)N1CCN(C(c2ccccc2)c2ccccc2)CC1. The molecule has 1 aliphatic heterocycles. The van der Waals surface area contributed by atoms with Crippen molar-refractivity contribution in [3.63, 3.8) is 0 Å². The van der Waals surface area contributed by atoms with E-state index in [-0.39, 0.29) is 17.9 Å². The molecule has 1 saturated heterocycles. The van der Waals surface area contributed by atoms with E-state index in [1.54, 1.807) is 0 Å². The zero-order chi connectivity index (χ0) is 17.6. The summed E-state index contributed by atoms with van der Waals surface area (Å²) in [7, 11) is 0. The van der Waals surface area contributed by atoms with Crippen molar-refractivity contribution in [1.29, 1.82) is 0 Å². The number of piperazine rings is 1. The van der Waals surface area contributed by atoms with Gasteiger partial charge in [0.1, 0.15) is 0 Å². The lowest BCUT2D eigenvalue weighted by atomic mass is 9.96. The van der Waals surface area contributed by atoms with Crippen LogP contribution in [0.1, 0.15) is 24.1 Å². The van der Waals surface area contributed by atoms with Crippen molar-refractivity contribution in [3.05, 3.63) is 71.8 Å². The molecule has 2 N–H and O–H groups in total. The molecule has 0 spiro atoms. The highest BCUT2D eigenvalue weighted by molar-refractivity contribution is 5.78. The van der Waals surface area contributed by atoms with Crippen molar-refractivity contribution >= 4 is 5.91 Å². The van der Waals surface area contributed by atoms with Gasteiger partial charge in [-0.1, -0.05) is 67.6 Å². The van der Waals surface area contributed by atoms with Crippen molar-refractivity contribution in [2.24, 2.45) is 11.7 Å². The largest absolute Gasteiger partial charge is 0.340 e. The van der Waals surface area contributed by atoms with Crippen LogP contribution in [0.15, 0.2) is 60.7 Å². The Bertz CT molecular complexity index is 627. The summed E-state index contributed by atoms with van der Waals surface area (Å²) in [6, 6.07) is 21.4. The number of benzene rings is 2. The summed E-state index contributed by atoms with van der Waals surface area (Å²) in [6.07, 6.45) is 0. The van der Waals surface area contributed by atoms with Gasteiger partial charge in [-0.05, 0) is 11.1 Å². The van der Waals surface area contributed by atoms with E-state index < -0.39 is 0 Å². The Morgan fingerprint density at radius 2 is 1.40 bits per heavy atom. The van der Waals surface area contributed by atoms with E-state index >= 15 is 0 Å². The van der Waals surface area contributed by atoms with Gasteiger partial charge in [0.15, 0.2) is 0 Å².